The summed E-state index contributed by atoms with van der Waals surface area (Å²) in [5.41, 5.74) is 4.66. The number of allylic oxidation sites excluding steroid dienone is 4. The molecule has 1 aliphatic heterocycles. The molecule has 36 heavy (non-hydrogen) atoms. The first-order chi connectivity index (χ1) is 17.3. The molecule has 2 aliphatic carbocycles. The number of Topliss-reactive ketones (excluding diaryl/α,β-unsaturated/α-hetero) is 2. The van der Waals surface area contributed by atoms with Crippen molar-refractivity contribution in [2.45, 2.75) is 58.3 Å². The van der Waals surface area contributed by atoms with Crippen molar-refractivity contribution in [3.8, 4) is 5.75 Å². The van der Waals surface area contributed by atoms with Crippen LogP contribution in [-0.4, -0.2) is 24.1 Å². The van der Waals surface area contributed by atoms with Gasteiger partial charge in [0, 0.05) is 48.4 Å². The van der Waals surface area contributed by atoms with Gasteiger partial charge in [0.05, 0.1) is 5.02 Å². The summed E-state index contributed by atoms with van der Waals surface area (Å²) < 4.78 is 11.8. The van der Waals surface area contributed by atoms with E-state index in [2.05, 4.69) is 5.32 Å². The highest BCUT2D eigenvalue weighted by atomic mass is 35.5. The molecule has 1 amide bonds. The standard InChI is InChI=1S/C29H28ClNO5/c1-16-9-10-17(2)20(13-16)31-26(34)15-35-23-12-11-18(14-19(23)30)27-28-21(32)5-3-7-24(28)36-25-8-4-6-22(33)29(25)27/h9-14,27H,3-8,15H2,1-2H3,(H,31,34). The molecule has 6 nitrogen and oxygen atoms in total. The minimum absolute atomic E-state index is 0.0192. The average Bonchev–Trinajstić information content (AvgIpc) is 2.84. The second-order valence-electron chi connectivity index (χ2n) is 9.61. The lowest BCUT2D eigenvalue weighted by atomic mass is 9.73. The summed E-state index contributed by atoms with van der Waals surface area (Å²) in [6, 6.07) is 11.1. The summed E-state index contributed by atoms with van der Waals surface area (Å²) in [6.07, 6.45) is 3.76. The van der Waals surface area contributed by atoms with Gasteiger partial charge in [-0.05, 0) is 61.6 Å². The van der Waals surface area contributed by atoms with Crippen LogP contribution in [0.3, 0.4) is 0 Å². The van der Waals surface area contributed by atoms with Crippen molar-refractivity contribution in [1.82, 2.24) is 0 Å². The molecular weight excluding hydrogens is 478 g/mol. The zero-order valence-electron chi connectivity index (χ0n) is 20.4. The Kier molecular flexibility index (Phi) is 6.71. The number of ether oxygens (including phenoxy) is 2. The van der Waals surface area contributed by atoms with Crippen LogP contribution in [0.15, 0.2) is 59.1 Å². The molecule has 0 saturated carbocycles. The van der Waals surface area contributed by atoms with Gasteiger partial charge in [0.1, 0.15) is 17.3 Å². The van der Waals surface area contributed by atoms with Crippen molar-refractivity contribution in [1.29, 1.82) is 0 Å². The zero-order valence-corrected chi connectivity index (χ0v) is 21.2. The van der Waals surface area contributed by atoms with E-state index in [1.54, 1.807) is 12.1 Å². The van der Waals surface area contributed by atoms with E-state index in [1.807, 2.05) is 38.1 Å². The number of anilines is 1. The summed E-state index contributed by atoms with van der Waals surface area (Å²) in [4.78, 5) is 38.4. The molecule has 0 saturated heterocycles. The summed E-state index contributed by atoms with van der Waals surface area (Å²) in [5, 5.41) is 3.18. The van der Waals surface area contributed by atoms with Crippen molar-refractivity contribution >= 4 is 34.8 Å². The van der Waals surface area contributed by atoms with Crippen molar-refractivity contribution in [3.63, 3.8) is 0 Å². The van der Waals surface area contributed by atoms with Crippen molar-refractivity contribution < 1.29 is 23.9 Å². The normalized spacial score (nSPS) is 18.0. The van der Waals surface area contributed by atoms with Gasteiger partial charge < -0.3 is 14.8 Å². The number of carbonyl (C=O) groups excluding carboxylic acids is 3. The van der Waals surface area contributed by atoms with Crippen LogP contribution in [0, 0.1) is 13.8 Å². The van der Waals surface area contributed by atoms with E-state index in [4.69, 9.17) is 21.1 Å². The number of nitrogens with one attached hydrogen (secondary N) is 1. The fraction of sp³-hybridized carbons (Fsp3) is 0.345. The predicted molar refractivity (Wildman–Crippen MR) is 137 cm³/mol. The molecule has 0 bridgehead atoms. The van der Waals surface area contributed by atoms with Gasteiger partial charge >= 0.3 is 0 Å². The Morgan fingerprint density at radius 3 is 2.28 bits per heavy atom. The van der Waals surface area contributed by atoms with Gasteiger partial charge in [-0.3, -0.25) is 14.4 Å². The molecule has 0 spiro atoms. The number of hydrogen-bond acceptors (Lipinski definition) is 5. The first-order valence-corrected chi connectivity index (χ1v) is 12.7. The van der Waals surface area contributed by atoms with Crippen LogP contribution in [-0.2, 0) is 19.1 Å². The Balaban J connectivity index is 1.38. The first-order valence-electron chi connectivity index (χ1n) is 12.3. The number of benzene rings is 2. The predicted octanol–water partition coefficient (Wildman–Crippen LogP) is 6.10. The Morgan fingerprint density at radius 2 is 1.64 bits per heavy atom. The molecule has 186 valence electrons. The maximum absolute atomic E-state index is 12.9. The van der Waals surface area contributed by atoms with Gasteiger partial charge in [-0.25, -0.2) is 0 Å². The highest BCUT2D eigenvalue weighted by molar-refractivity contribution is 6.32. The SMILES string of the molecule is Cc1ccc(C)c(NC(=O)COc2ccc(C3C4=C(CCCC4=O)OC4=C3C(=O)CCC4)cc2Cl)c1. The molecule has 3 aliphatic rings. The molecule has 2 aromatic rings. The van der Waals surface area contributed by atoms with Crippen LogP contribution in [0.25, 0.3) is 0 Å². The number of carbonyl (C=O) groups is 3. The van der Waals surface area contributed by atoms with E-state index in [-0.39, 0.29) is 24.1 Å². The Labute approximate surface area is 215 Å². The number of aryl methyl sites for hydroxylation is 2. The minimum Gasteiger partial charge on any atom is -0.482 e. The van der Waals surface area contributed by atoms with Crippen LogP contribution < -0.4 is 10.1 Å². The highest BCUT2D eigenvalue weighted by Crippen LogP contribution is 2.48. The van der Waals surface area contributed by atoms with Crippen LogP contribution >= 0.6 is 11.6 Å². The summed E-state index contributed by atoms with van der Waals surface area (Å²) >= 11 is 6.57. The van der Waals surface area contributed by atoms with Crippen LogP contribution in [0.5, 0.6) is 5.75 Å². The average molecular weight is 506 g/mol. The minimum atomic E-state index is -0.483. The Bertz CT molecular complexity index is 1300. The summed E-state index contributed by atoms with van der Waals surface area (Å²) in [5.74, 6) is 0.990. The van der Waals surface area contributed by atoms with Crippen molar-refractivity contribution in [2.24, 2.45) is 0 Å². The largest absolute Gasteiger partial charge is 0.482 e. The molecule has 0 atom stereocenters. The second kappa shape index (κ2) is 9.94. The third-order valence-electron chi connectivity index (χ3n) is 6.96. The third-order valence-corrected chi connectivity index (χ3v) is 7.25. The molecule has 0 unspecified atom stereocenters. The van der Waals surface area contributed by atoms with Crippen molar-refractivity contribution in [2.75, 3.05) is 11.9 Å². The van der Waals surface area contributed by atoms with E-state index >= 15 is 0 Å². The van der Waals surface area contributed by atoms with Gasteiger partial charge in [-0.2, -0.15) is 0 Å². The van der Waals surface area contributed by atoms with Gasteiger partial charge in [0.25, 0.3) is 5.91 Å². The molecule has 0 aromatic heterocycles. The van der Waals surface area contributed by atoms with Crippen LogP contribution in [0.2, 0.25) is 5.02 Å². The van der Waals surface area contributed by atoms with Crippen molar-refractivity contribution in [3.05, 3.63) is 80.8 Å². The van der Waals surface area contributed by atoms with Gasteiger partial charge in [0.15, 0.2) is 18.2 Å². The van der Waals surface area contributed by atoms with E-state index in [1.165, 1.54) is 0 Å². The maximum atomic E-state index is 12.9. The molecule has 1 N–H and O–H groups in total. The topological polar surface area (TPSA) is 81.7 Å². The maximum Gasteiger partial charge on any atom is 0.262 e. The lowest BCUT2D eigenvalue weighted by Gasteiger charge is -2.36. The van der Waals surface area contributed by atoms with Crippen LogP contribution in [0.1, 0.15) is 61.1 Å². The molecule has 0 fully saturated rings. The molecule has 0 radical (unpaired) electrons. The van der Waals surface area contributed by atoms with Gasteiger partial charge in [-0.1, -0.05) is 29.8 Å². The fourth-order valence-electron chi connectivity index (χ4n) is 5.16. The molecular formula is C29H28ClNO5. The van der Waals surface area contributed by atoms with Gasteiger partial charge in [-0.15, -0.1) is 0 Å². The van der Waals surface area contributed by atoms with E-state index in [0.717, 1.165) is 35.2 Å². The second-order valence-corrected chi connectivity index (χ2v) is 10.0. The number of amides is 1. The smallest absolute Gasteiger partial charge is 0.262 e. The molecule has 2 aromatic carbocycles. The number of ketones is 2. The lowest BCUT2D eigenvalue weighted by molar-refractivity contribution is -0.119. The first kappa shape index (κ1) is 24.3. The number of hydrogen-bond donors (Lipinski definition) is 1. The van der Waals surface area contributed by atoms with E-state index < -0.39 is 5.92 Å². The number of halogens is 1. The fourth-order valence-corrected chi connectivity index (χ4v) is 5.41. The summed E-state index contributed by atoms with van der Waals surface area (Å²) in [6.45, 7) is 3.69. The number of rotatable bonds is 5. The third kappa shape index (κ3) is 4.70. The Morgan fingerprint density at radius 1 is 0.972 bits per heavy atom. The molecule has 5 rings (SSSR count). The Hall–Kier alpha value is -3.38. The summed E-state index contributed by atoms with van der Waals surface area (Å²) in [7, 11) is 0. The monoisotopic (exact) mass is 505 g/mol. The van der Waals surface area contributed by atoms with Crippen LogP contribution in [0.4, 0.5) is 5.69 Å². The molecule has 7 heteroatoms. The van der Waals surface area contributed by atoms with E-state index in [0.29, 0.717) is 59.1 Å². The molecule has 1 heterocycles. The lowest BCUT2D eigenvalue weighted by Crippen LogP contribution is -2.30. The zero-order chi connectivity index (χ0) is 25.4. The van der Waals surface area contributed by atoms with E-state index in [9.17, 15) is 14.4 Å². The van der Waals surface area contributed by atoms with Gasteiger partial charge in [0.2, 0.25) is 0 Å². The quantitative estimate of drug-likeness (QED) is 0.530. The highest BCUT2D eigenvalue weighted by Gasteiger charge is 2.41.